The Morgan fingerprint density at radius 3 is 2.44 bits per heavy atom. The van der Waals surface area contributed by atoms with Crippen LogP contribution in [0.25, 0.3) is 0 Å². The summed E-state index contributed by atoms with van der Waals surface area (Å²) in [5, 5.41) is 8.81. The first-order valence-corrected chi connectivity index (χ1v) is 16.4. The average molecular weight is 578 g/mol. The number of nitrogens with zero attached hydrogens (tertiary/aromatic N) is 3. The molecule has 1 aromatic carbocycles. The number of benzene rings is 1. The summed E-state index contributed by atoms with van der Waals surface area (Å²) in [6, 6.07) is 7.17. The molecule has 2 saturated heterocycles. The van der Waals surface area contributed by atoms with Crippen molar-refractivity contribution in [1.29, 1.82) is 0 Å². The molecule has 0 unspecified atom stereocenters. The summed E-state index contributed by atoms with van der Waals surface area (Å²) < 4.78 is 0. The van der Waals surface area contributed by atoms with E-state index in [9.17, 15) is 14.4 Å². The van der Waals surface area contributed by atoms with Gasteiger partial charge in [-0.25, -0.2) is 4.98 Å². The molecule has 2 saturated carbocycles. The second kappa shape index (κ2) is 12.3. The number of rotatable bonds is 9. The second-order valence-corrected chi connectivity index (χ2v) is 13.4. The number of thiazole rings is 1. The van der Waals surface area contributed by atoms with Gasteiger partial charge >= 0.3 is 0 Å². The Morgan fingerprint density at radius 2 is 1.73 bits per heavy atom. The lowest BCUT2D eigenvalue weighted by Gasteiger charge is -2.45. The average Bonchev–Trinajstić information content (AvgIpc) is 3.56. The molecule has 4 atom stereocenters. The molecular formula is C32H43N5O3S. The minimum Gasteiger partial charge on any atom is -0.343 e. The lowest BCUT2D eigenvalue weighted by atomic mass is 9.82. The van der Waals surface area contributed by atoms with Crippen LogP contribution in [0.2, 0.25) is 0 Å². The Bertz CT molecular complexity index is 1250. The van der Waals surface area contributed by atoms with Crippen molar-refractivity contribution in [3.8, 4) is 0 Å². The van der Waals surface area contributed by atoms with Gasteiger partial charge in [-0.1, -0.05) is 43.5 Å². The van der Waals surface area contributed by atoms with Crippen LogP contribution in [0.1, 0.15) is 103 Å². The van der Waals surface area contributed by atoms with Crippen molar-refractivity contribution >= 4 is 28.9 Å². The normalized spacial score (nSPS) is 25.0. The number of likely N-dealkylation sites (N-methyl/N-ethyl adjacent to an activating group) is 1. The van der Waals surface area contributed by atoms with Gasteiger partial charge in [0.1, 0.15) is 16.7 Å². The quantitative estimate of drug-likeness (QED) is 0.433. The zero-order valence-corrected chi connectivity index (χ0v) is 25.1. The summed E-state index contributed by atoms with van der Waals surface area (Å²) in [5.41, 5.74) is 2.40. The van der Waals surface area contributed by atoms with E-state index in [2.05, 4.69) is 27.7 Å². The van der Waals surface area contributed by atoms with Crippen molar-refractivity contribution in [2.24, 2.45) is 5.92 Å². The van der Waals surface area contributed by atoms with Crippen LogP contribution in [0.15, 0.2) is 29.6 Å². The predicted molar refractivity (Wildman–Crippen MR) is 160 cm³/mol. The Hall–Kier alpha value is -2.62. The van der Waals surface area contributed by atoms with Crippen molar-refractivity contribution in [1.82, 2.24) is 25.4 Å². The Balaban J connectivity index is 1.25. The number of hydrogen-bond acceptors (Lipinski definition) is 7. The van der Waals surface area contributed by atoms with E-state index >= 15 is 0 Å². The lowest BCUT2D eigenvalue weighted by Crippen LogP contribution is -2.60. The highest BCUT2D eigenvalue weighted by Gasteiger charge is 2.44. The summed E-state index contributed by atoms with van der Waals surface area (Å²) in [5.74, 6) is 0.582. The van der Waals surface area contributed by atoms with Crippen LogP contribution in [-0.4, -0.2) is 77.2 Å². The molecule has 41 heavy (non-hydrogen) atoms. The highest BCUT2D eigenvalue weighted by Crippen LogP contribution is 2.40. The highest BCUT2D eigenvalue weighted by molar-refractivity contribution is 7.10. The smallest absolute Gasteiger partial charge is 0.246 e. The fraction of sp³-hybridized carbons (Fsp3) is 0.625. The van der Waals surface area contributed by atoms with Crippen LogP contribution in [0.5, 0.6) is 0 Å². The van der Waals surface area contributed by atoms with Crippen molar-refractivity contribution in [3.63, 3.8) is 0 Å². The minimum absolute atomic E-state index is 0.00356. The molecule has 2 N–H and O–H groups in total. The van der Waals surface area contributed by atoms with Gasteiger partial charge in [-0.05, 0) is 76.4 Å². The summed E-state index contributed by atoms with van der Waals surface area (Å²) in [4.78, 5) is 50.2. The summed E-state index contributed by atoms with van der Waals surface area (Å²) in [6.45, 7) is 4.20. The molecule has 8 nitrogen and oxygen atoms in total. The van der Waals surface area contributed by atoms with Crippen molar-refractivity contribution in [3.05, 3.63) is 51.5 Å². The maximum Gasteiger partial charge on any atom is 0.246 e. The molecule has 2 amide bonds. The van der Waals surface area contributed by atoms with Crippen LogP contribution in [-0.2, 0) is 9.59 Å². The number of aromatic nitrogens is 1. The third kappa shape index (κ3) is 6.13. The number of ketones is 1. The maximum absolute atomic E-state index is 14.5. The van der Waals surface area contributed by atoms with E-state index in [1.807, 2.05) is 29.3 Å². The fourth-order valence-corrected chi connectivity index (χ4v) is 7.83. The van der Waals surface area contributed by atoms with Gasteiger partial charge in [-0.2, -0.15) is 0 Å². The second-order valence-electron chi connectivity index (χ2n) is 12.5. The third-order valence-electron chi connectivity index (χ3n) is 9.75. The van der Waals surface area contributed by atoms with E-state index in [0.29, 0.717) is 36.3 Å². The summed E-state index contributed by atoms with van der Waals surface area (Å²) in [7, 11) is 1.76. The first-order valence-electron chi connectivity index (χ1n) is 15.5. The molecule has 4 aliphatic rings. The summed E-state index contributed by atoms with van der Waals surface area (Å²) >= 11 is 1.47. The highest BCUT2D eigenvalue weighted by atomic mass is 32.1. The third-order valence-corrected chi connectivity index (χ3v) is 10.7. The fourth-order valence-electron chi connectivity index (χ4n) is 6.93. The topological polar surface area (TPSA) is 94.6 Å². The molecule has 0 bridgehead atoms. The molecule has 220 valence electrons. The van der Waals surface area contributed by atoms with Gasteiger partial charge in [0.25, 0.3) is 0 Å². The predicted octanol–water partition coefficient (Wildman–Crippen LogP) is 4.27. The molecule has 1 aromatic heterocycles. The Kier molecular flexibility index (Phi) is 8.56. The van der Waals surface area contributed by atoms with E-state index < -0.39 is 6.04 Å². The number of amides is 2. The van der Waals surface area contributed by atoms with Gasteiger partial charge in [0.2, 0.25) is 17.6 Å². The molecule has 2 aliphatic carbocycles. The molecule has 2 aromatic rings. The van der Waals surface area contributed by atoms with Crippen molar-refractivity contribution in [2.45, 2.75) is 94.8 Å². The SMILES string of the molecule is CN[C@@H](C)C(=O)N[C@H](C(=O)N1C[C@@H]2CCCN2C[C@H]1c1nc(C(=O)c2ccc(C3CC3)cc2)cs1)C1CCCCC1. The number of carbonyl (C=O) groups excluding carboxylic acids is 3. The lowest BCUT2D eigenvalue weighted by molar-refractivity contribution is -0.144. The zero-order valence-electron chi connectivity index (χ0n) is 24.3. The zero-order chi connectivity index (χ0) is 28.5. The Labute approximate surface area is 247 Å². The van der Waals surface area contributed by atoms with Crippen LogP contribution in [0.3, 0.4) is 0 Å². The number of hydrogen-bond donors (Lipinski definition) is 2. The summed E-state index contributed by atoms with van der Waals surface area (Å²) in [6.07, 6.45) is 9.93. The Morgan fingerprint density at radius 1 is 0.976 bits per heavy atom. The molecule has 9 heteroatoms. The van der Waals surface area contributed by atoms with E-state index in [0.717, 1.165) is 50.1 Å². The molecule has 2 aliphatic heterocycles. The number of carbonyl (C=O) groups is 3. The first-order chi connectivity index (χ1) is 19.9. The molecule has 3 heterocycles. The minimum atomic E-state index is -0.542. The number of fused-ring (bicyclic) bond motifs is 1. The van der Waals surface area contributed by atoms with Gasteiger partial charge in [0.05, 0.1) is 12.1 Å². The maximum atomic E-state index is 14.5. The van der Waals surface area contributed by atoms with E-state index in [-0.39, 0.29) is 35.6 Å². The van der Waals surface area contributed by atoms with E-state index in [4.69, 9.17) is 4.98 Å². The van der Waals surface area contributed by atoms with Crippen LogP contribution >= 0.6 is 11.3 Å². The largest absolute Gasteiger partial charge is 0.343 e. The van der Waals surface area contributed by atoms with Gasteiger partial charge in [-0.3, -0.25) is 19.3 Å². The van der Waals surface area contributed by atoms with E-state index in [1.165, 1.54) is 36.2 Å². The van der Waals surface area contributed by atoms with Gasteiger partial charge < -0.3 is 15.5 Å². The first kappa shape index (κ1) is 28.5. The van der Waals surface area contributed by atoms with Crippen molar-refractivity contribution < 1.29 is 14.4 Å². The standard InChI is InChI=1S/C32H43N5O3S/c1-20(33-2)30(39)35-28(23-7-4-3-5-8-23)32(40)37-17-25-9-6-16-36(25)18-27(37)31-34-26(19-41-31)29(38)24-14-12-22(13-15-24)21-10-11-21/h12-15,19-21,23,25,27-28,33H,3-11,16-18H2,1-2H3,(H,35,39)/t20-,25-,27-,28-/m0/s1. The molecule has 0 spiro atoms. The van der Waals surface area contributed by atoms with Crippen molar-refractivity contribution in [2.75, 3.05) is 26.7 Å². The van der Waals surface area contributed by atoms with Gasteiger partial charge in [-0.15, -0.1) is 11.3 Å². The molecular weight excluding hydrogens is 534 g/mol. The van der Waals surface area contributed by atoms with Gasteiger partial charge in [0, 0.05) is 30.1 Å². The van der Waals surface area contributed by atoms with Crippen LogP contribution < -0.4 is 10.6 Å². The number of nitrogens with one attached hydrogen (secondary N) is 2. The van der Waals surface area contributed by atoms with Gasteiger partial charge in [0.15, 0.2) is 0 Å². The van der Waals surface area contributed by atoms with Crippen LogP contribution in [0.4, 0.5) is 0 Å². The van der Waals surface area contributed by atoms with Crippen LogP contribution in [0, 0.1) is 5.92 Å². The monoisotopic (exact) mass is 577 g/mol. The molecule has 4 fully saturated rings. The number of piperazine rings is 1. The molecule has 0 radical (unpaired) electrons. The van der Waals surface area contributed by atoms with E-state index in [1.54, 1.807) is 7.05 Å². The molecule has 6 rings (SSSR count).